The highest BCUT2D eigenvalue weighted by atomic mass is 79.9. The van der Waals surface area contributed by atoms with E-state index in [9.17, 15) is 0 Å². The van der Waals surface area contributed by atoms with E-state index in [1.54, 1.807) is 0 Å². The van der Waals surface area contributed by atoms with E-state index in [0.717, 1.165) is 4.47 Å². The molecule has 2 rings (SSSR count). The van der Waals surface area contributed by atoms with Gasteiger partial charge < -0.3 is 0 Å². The van der Waals surface area contributed by atoms with E-state index < -0.39 is 0 Å². The van der Waals surface area contributed by atoms with Crippen LogP contribution < -0.4 is 9.88 Å². The van der Waals surface area contributed by atoms with Gasteiger partial charge in [-0.1, -0.05) is 11.8 Å². The molecule has 5 heteroatoms. The van der Waals surface area contributed by atoms with Gasteiger partial charge in [-0.15, -0.1) is 11.8 Å². The van der Waals surface area contributed by atoms with Crippen molar-refractivity contribution in [2.45, 2.75) is 9.60 Å². The van der Waals surface area contributed by atoms with Gasteiger partial charge in [0.05, 0.1) is 11.5 Å². The van der Waals surface area contributed by atoms with Gasteiger partial charge in [0.15, 0.2) is 4.71 Å². The van der Waals surface area contributed by atoms with Gasteiger partial charge in [-0.3, -0.25) is 5.32 Å². The number of hydrogen-bond acceptors (Lipinski definition) is 3. The molecule has 13 heavy (non-hydrogen) atoms. The zero-order valence-electron chi connectivity index (χ0n) is 7.37. The van der Waals surface area contributed by atoms with Crippen LogP contribution in [0.3, 0.4) is 0 Å². The Balaban J connectivity index is 2.40. The first-order valence-corrected chi connectivity index (χ1v) is 6.82. The average molecular weight is 278 g/mol. The smallest absolute Gasteiger partial charge is 0.252 e. The van der Waals surface area contributed by atoms with Crippen LogP contribution in [0.2, 0.25) is 0 Å². The Morgan fingerprint density at radius 3 is 3.15 bits per heavy atom. The van der Waals surface area contributed by atoms with Gasteiger partial charge in [0, 0.05) is 0 Å². The third-order valence-corrected chi connectivity index (χ3v) is 4.62. The van der Waals surface area contributed by atoms with Crippen molar-refractivity contribution in [2.75, 3.05) is 11.6 Å². The predicted octanol–water partition coefficient (Wildman–Crippen LogP) is 2.44. The summed E-state index contributed by atoms with van der Waals surface area (Å²) in [6.45, 7) is 0. The maximum atomic E-state index is 3.49. The fourth-order valence-electron chi connectivity index (χ4n) is 1.28. The summed E-state index contributed by atoms with van der Waals surface area (Å²) >= 11 is 7.18. The predicted molar refractivity (Wildman–Crippen MR) is 62.1 cm³/mol. The molecule has 0 aromatic carbocycles. The van der Waals surface area contributed by atoms with Crippen LogP contribution in [0.25, 0.3) is 0 Å². The lowest BCUT2D eigenvalue weighted by Crippen LogP contribution is -2.31. The van der Waals surface area contributed by atoms with Crippen molar-refractivity contribution in [2.24, 2.45) is 7.05 Å². The fourth-order valence-corrected chi connectivity index (χ4v) is 3.80. The lowest BCUT2D eigenvalue weighted by molar-refractivity contribution is -0.659. The zero-order chi connectivity index (χ0) is 9.42. The Morgan fingerprint density at radius 2 is 2.46 bits per heavy atom. The first-order valence-electron chi connectivity index (χ1n) is 3.86. The quantitative estimate of drug-likeness (QED) is 0.795. The van der Waals surface area contributed by atoms with Crippen molar-refractivity contribution >= 4 is 45.3 Å². The molecule has 1 N–H and O–H groups in total. The molecule has 1 aliphatic heterocycles. The molecule has 0 bridgehead atoms. The summed E-state index contributed by atoms with van der Waals surface area (Å²) < 4.78 is 3.70. The number of hydrogen-bond donors (Lipinski definition) is 1. The third kappa shape index (κ3) is 1.82. The molecule has 0 saturated carbocycles. The van der Waals surface area contributed by atoms with Gasteiger partial charge in [-0.05, 0) is 28.3 Å². The topological polar surface area (TPSA) is 15.9 Å². The second-order valence-electron chi connectivity index (χ2n) is 2.81. The molecule has 0 radical (unpaired) electrons. The van der Waals surface area contributed by atoms with Gasteiger partial charge in [0.2, 0.25) is 0 Å². The van der Waals surface area contributed by atoms with E-state index in [1.165, 1.54) is 10.7 Å². The summed E-state index contributed by atoms with van der Waals surface area (Å²) in [6.07, 6.45) is 4.18. The largest absolute Gasteiger partial charge is 0.289 e. The molecular formula is C8H10BrN2S2+. The minimum absolute atomic E-state index is 0.454. The van der Waals surface area contributed by atoms with Crippen LogP contribution in [-0.4, -0.2) is 11.0 Å². The van der Waals surface area contributed by atoms with Crippen molar-refractivity contribution in [3.8, 4) is 0 Å². The van der Waals surface area contributed by atoms with Crippen LogP contribution in [0.15, 0.2) is 21.6 Å². The average Bonchev–Trinajstić information content (AvgIpc) is 2.47. The number of anilines is 1. The first-order chi connectivity index (χ1) is 6.20. The first kappa shape index (κ1) is 9.68. The van der Waals surface area contributed by atoms with E-state index in [4.69, 9.17) is 0 Å². The molecule has 0 aliphatic carbocycles. The highest BCUT2D eigenvalue weighted by Gasteiger charge is 2.29. The maximum Gasteiger partial charge on any atom is 0.289 e. The molecule has 0 amide bonds. The number of aryl methyl sites for hydroxylation is 1. The van der Waals surface area contributed by atoms with Crippen molar-refractivity contribution < 1.29 is 4.57 Å². The van der Waals surface area contributed by atoms with E-state index in [1.807, 2.05) is 23.5 Å². The number of pyridine rings is 1. The van der Waals surface area contributed by atoms with Gasteiger partial charge in [-0.2, -0.15) is 0 Å². The van der Waals surface area contributed by atoms with Gasteiger partial charge in [0.1, 0.15) is 11.1 Å². The van der Waals surface area contributed by atoms with E-state index >= 15 is 0 Å². The van der Waals surface area contributed by atoms with E-state index in [2.05, 4.69) is 51.4 Å². The number of halogens is 1. The summed E-state index contributed by atoms with van der Waals surface area (Å²) in [4.78, 5) is 1.32. The van der Waals surface area contributed by atoms with Crippen LogP contribution in [0.5, 0.6) is 0 Å². The normalized spacial score (nSPS) is 19.8. The Kier molecular flexibility index (Phi) is 2.76. The van der Waals surface area contributed by atoms with Gasteiger partial charge in [-0.25, -0.2) is 4.57 Å². The molecule has 2 nitrogen and oxygen atoms in total. The number of nitrogens with one attached hydrogen (secondary N) is 1. The summed E-state index contributed by atoms with van der Waals surface area (Å²) in [7, 11) is 2.06. The number of fused-ring (bicyclic) bond motifs is 1. The fraction of sp³-hybridized carbons (Fsp3) is 0.375. The molecule has 0 fully saturated rings. The summed E-state index contributed by atoms with van der Waals surface area (Å²) in [5, 5.41) is 3.45. The highest BCUT2D eigenvalue weighted by molar-refractivity contribution is 9.10. The number of aromatic nitrogens is 1. The molecule has 1 atom stereocenters. The highest BCUT2D eigenvalue weighted by Crippen LogP contribution is 2.40. The SMILES string of the molecule is CSC1Nc2c(cc(Br)c[n+]2C)S1. The van der Waals surface area contributed by atoms with Crippen LogP contribution in [0.4, 0.5) is 5.82 Å². The molecule has 1 aromatic rings. The van der Waals surface area contributed by atoms with E-state index in [-0.39, 0.29) is 0 Å². The summed E-state index contributed by atoms with van der Waals surface area (Å²) in [5.41, 5.74) is 0. The second kappa shape index (κ2) is 3.71. The van der Waals surface area contributed by atoms with Crippen LogP contribution in [-0.2, 0) is 7.05 Å². The molecule has 0 spiro atoms. The zero-order valence-corrected chi connectivity index (χ0v) is 10.6. The molecule has 1 aromatic heterocycles. The Hall–Kier alpha value is 0.130. The standard InChI is InChI=1S/C8H9BrN2S2/c1-11-4-5(9)3-6-7(11)10-8(12-2)13-6/h3-4,8H,1-2H3/p+1. The minimum Gasteiger partial charge on any atom is -0.252 e. The third-order valence-electron chi connectivity index (χ3n) is 1.87. The van der Waals surface area contributed by atoms with E-state index in [0.29, 0.717) is 4.71 Å². The minimum atomic E-state index is 0.454. The Labute approximate surface area is 94.6 Å². The lowest BCUT2D eigenvalue weighted by Gasteiger charge is -2.00. The monoisotopic (exact) mass is 277 g/mol. The molecular weight excluding hydrogens is 268 g/mol. The van der Waals surface area contributed by atoms with Crippen molar-refractivity contribution in [1.82, 2.24) is 0 Å². The van der Waals surface area contributed by atoms with Crippen molar-refractivity contribution in [1.29, 1.82) is 0 Å². The Bertz CT molecular complexity index is 343. The second-order valence-corrected chi connectivity index (χ2v) is 6.12. The van der Waals surface area contributed by atoms with Crippen LogP contribution in [0.1, 0.15) is 0 Å². The summed E-state index contributed by atoms with van der Waals surface area (Å²) in [6, 6.07) is 2.16. The lowest BCUT2D eigenvalue weighted by atomic mass is 10.4. The molecule has 0 saturated heterocycles. The molecule has 1 aliphatic rings. The van der Waals surface area contributed by atoms with Crippen molar-refractivity contribution in [3.63, 3.8) is 0 Å². The molecule has 1 unspecified atom stereocenters. The Morgan fingerprint density at radius 1 is 1.69 bits per heavy atom. The summed E-state index contributed by atoms with van der Waals surface area (Å²) in [5.74, 6) is 1.22. The number of rotatable bonds is 1. The van der Waals surface area contributed by atoms with Crippen LogP contribution in [0, 0.1) is 0 Å². The van der Waals surface area contributed by atoms with Crippen LogP contribution >= 0.6 is 39.5 Å². The number of thioether (sulfide) groups is 2. The molecule has 2 heterocycles. The van der Waals surface area contributed by atoms with Gasteiger partial charge in [0.25, 0.3) is 5.82 Å². The number of nitrogens with zero attached hydrogens (tertiary/aromatic N) is 1. The van der Waals surface area contributed by atoms with Gasteiger partial charge >= 0.3 is 0 Å². The maximum absolute atomic E-state index is 3.49. The van der Waals surface area contributed by atoms with Crippen molar-refractivity contribution in [3.05, 3.63) is 16.7 Å². The molecule has 70 valence electrons.